The molecule has 2 rings (SSSR count). The van der Waals surface area contributed by atoms with Gasteiger partial charge < -0.3 is 5.73 Å². The predicted octanol–water partition coefficient (Wildman–Crippen LogP) is 2.30. The third kappa shape index (κ3) is 1.46. The smallest absolute Gasteiger partial charge is 0.152 e. The van der Waals surface area contributed by atoms with Gasteiger partial charge in [-0.1, -0.05) is 23.9 Å². The van der Waals surface area contributed by atoms with Crippen molar-refractivity contribution in [3.05, 3.63) is 24.3 Å². The van der Waals surface area contributed by atoms with Crippen molar-refractivity contribution >= 4 is 33.3 Å². The largest absolute Gasteiger partial charge is 0.322 e. The maximum atomic E-state index is 5.41. The molecule has 1 aromatic heterocycles. The van der Waals surface area contributed by atoms with E-state index in [9.17, 15) is 0 Å². The average molecular weight is 196 g/mol. The monoisotopic (exact) mass is 196 g/mol. The van der Waals surface area contributed by atoms with Gasteiger partial charge in [-0.2, -0.15) is 0 Å². The number of benzene rings is 1. The first-order valence-corrected chi connectivity index (χ1v) is 5.39. The third-order valence-electron chi connectivity index (χ3n) is 1.48. The van der Waals surface area contributed by atoms with Crippen LogP contribution in [0.3, 0.4) is 0 Å². The molecule has 12 heavy (non-hydrogen) atoms. The number of thioether (sulfide) groups is 1. The Hall–Kier alpha value is -0.580. The highest BCUT2D eigenvalue weighted by atomic mass is 32.2. The van der Waals surface area contributed by atoms with Gasteiger partial charge in [0.1, 0.15) is 0 Å². The molecule has 0 aliphatic heterocycles. The topological polar surface area (TPSA) is 38.9 Å². The highest BCUT2D eigenvalue weighted by Crippen LogP contribution is 2.28. The second-order valence-corrected chi connectivity index (χ2v) is 4.56. The molecule has 0 radical (unpaired) electrons. The Morgan fingerprint density at radius 2 is 2.25 bits per heavy atom. The van der Waals surface area contributed by atoms with Gasteiger partial charge in [0.15, 0.2) is 4.34 Å². The van der Waals surface area contributed by atoms with E-state index in [1.807, 2.05) is 18.2 Å². The zero-order valence-corrected chi connectivity index (χ0v) is 7.99. The number of para-hydroxylation sites is 1. The van der Waals surface area contributed by atoms with E-state index in [-0.39, 0.29) is 0 Å². The van der Waals surface area contributed by atoms with Crippen LogP contribution in [0.15, 0.2) is 28.6 Å². The van der Waals surface area contributed by atoms with Crippen LogP contribution in [0.2, 0.25) is 0 Å². The highest BCUT2D eigenvalue weighted by molar-refractivity contribution is 8.01. The van der Waals surface area contributed by atoms with Crippen LogP contribution >= 0.6 is 23.1 Å². The standard InChI is InChI=1S/C8H8N2S2/c9-5-11-8-10-6-3-1-2-4-7(6)12-8/h1-4H,5,9H2. The molecule has 62 valence electrons. The lowest BCUT2D eigenvalue weighted by Gasteiger charge is -1.85. The maximum Gasteiger partial charge on any atom is 0.152 e. The average Bonchev–Trinajstić information content (AvgIpc) is 2.47. The van der Waals surface area contributed by atoms with E-state index < -0.39 is 0 Å². The van der Waals surface area contributed by atoms with Gasteiger partial charge in [-0.25, -0.2) is 4.98 Å². The molecule has 0 saturated carbocycles. The quantitative estimate of drug-likeness (QED) is 0.591. The summed E-state index contributed by atoms with van der Waals surface area (Å²) in [6.45, 7) is 0. The lowest BCUT2D eigenvalue weighted by atomic mass is 10.3. The van der Waals surface area contributed by atoms with Crippen molar-refractivity contribution < 1.29 is 0 Å². The molecule has 0 aliphatic carbocycles. The molecular weight excluding hydrogens is 188 g/mol. The number of nitrogens with two attached hydrogens (primary N) is 1. The summed E-state index contributed by atoms with van der Waals surface area (Å²) in [7, 11) is 0. The van der Waals surface area contributed by atoms with Gasteiger partial charge in [0.25, 0.3) is 0 Å². The van der Waals surface area contributed by atoms with Crippen LogP contribution in [0.1, 0.15) is 0 Å². The zero-order valence-electron chi connectivity index (χ0n) is 6.36. The van der Waals surface area contributed by atoms with E-state index in [4.69, 9.17) is 5.73 Å². The molecule has 2 aromatic rings. The number of hydrogen-bond donors (Lipinski definition) is 1. The molecule has 0 atom stereocenters. The van der Waals surface area contributed by atoms with Crippen molar-refractivity contribution in [1.82, 2.24) is 4.98 Å². The highest BCUT2D eigenvalue weighted by Gasteiger charge is 2.00. The van der Waals surface area contributed by atoms with Gasteiger partial charge in [-0.3, -0.25) is 0 Å². The summed E-state index contributed by atoms with van der Waals surface area (Å²) in [6.07, 6.45) is 0. The van der Waals surface area contributed by atoms with Crippen molar-refractivity contribution in [3.8, 4) is 0 Å². The predicted molar refractivity (Wildman–Crippen MR) is 54.5 cm³/mol. The van der Waals surface area contributed by atoms with Crippen molar-refractivity contribution in [2.24, 2.45) is 5.73 Å². The van der Waals surface area contributed by atoms with E-state index in [2.05, 4.69) is 11.1 Å². The second-order valence-electron chi connectivity index (χ2n) is 2.26. The van der Waals surface area contributed by atoms with Gasteiger partial charge in [0, 0.05) is 5.88 Å². The summed E-state index contributed by atoms with van der Waals surface area (Å²) in [4.78, 5) is 4.40. The van der Waals surface area contributed by atoms with Crippen molar-refractivity contribution in [2.45, 2.75) is 4.34 Å². The van der Waals surface area contributed by atoms with Crippen LogP contribution in [-0.2, 0) is 0 Å². The molecule has 0 bridgehead atoms. The number of thiazole rings is 1. The first-order valence-electron chi connectivity index (χ1n) is 3.58. The molecule has 0 fully saturated rings. The summed E-state index contributed by atoms with van der Waals surface area (Å²) in [5.41, 5.74) is 6.48. The SMILES string of the molecule is NCSc1nc2ccccc2s1. The zero-order chi connectivity index (χ0) is 8.39. The molecule has 0 spiro atoms. The van der Waals surface area contributed by atoms with E-state index in [0.29, 0.717) is 5.88 Å². The van der Waals surface area contributed by atoms with Gasteiger partial charge in [0.2, 0.25) is 0 Å². The fourth-order valence-corrected chi connectivity index (χ4v) is 2.70. The fourth-order valence-electron chi connectivity index (χ4n) is 0.984. The Morgan fingerprint density at radius 3 is 3.00 bits per heavy atom. The van der Waals surface area contributed by atoms with Crippen molar-refractivity contribution in [3.63, 3.8) is 0 Å². The molecule has 2 N–H and O–H groups in total. The lowest BCUT2D eigenvalue weighted by Crippen LogP contribution is -1.90. The van der Waals surface area contributed by atoms with Crippen LogP contribution in [-0.4, -0.2) is 10.9 Å². The van der Waals surface area contributed by atoms with Crippen molar-refractivity contribution in [1.29, 1.82) is 0 Å². The molecule has 0 unspecified atom stereocenters. The van der Waals surface area contributed by atoms with Crippen LogP contribution in [0.5, 0.6) is 0 Å². The molecule has 1 heterocycles. The Bertz CT molecular complexity index is 350. The Balaban J connectivity index is 2.47. The van der Waals surface area contributed by atoms with E-state index in [0.717, 1.165) is 9.86 Å². The van der Waals surface area contributed by atoms with E-state index in [1.54, 1.807) is 23.1 Å². The summed E-state index contributed by atoms with van der Waals surface area (Å²) in [5, 5.41) is 0. The van der Waals surface area contributed by atoms with Gasteiger partial charge >= 0.3 is 0 Å². The Kier molecular flexibility index (Phi) is 2.30. The second kappa shape index (κ2) is 3.43. The lowest BCUT2D eigenvalue weighted by molar-refractivity contribution is 1.29. The number of rotatable bonds is 2. The fraction of sp³-hybridized carbons (Fsp3) is 0.125. The van der Waals surface area contributed by atoms with Crippen molar-refractivity contribution in [2.75, 3.05) is 5.88 Å². The molecule has 0 saturated heterocycles. The molecule has 0 aliphatic rings. The first-order chi connectivity index (χ1) is 5.90. The Morgan fingerprint density at radius 1 is 1.42 bits per heavy atom. The summed E-state index contributed by atoms with van der Waals surface area (Å²) < 4.78 is 2.28. The minimum atomic E-state index is 0.597. The van der Waals surface area contributed by atoms with Gasteiger partial charge in [0.05, 0.1) is 10.2 Å². The van der Waals surface area contributed by atoms with E-state index in [1.165, 1.54) is 4.70 Å². The van der Waals surface area contributed by atoms with E-state index >= 15 is 0 Å². The van der Waals surface area contributed by atoms with Crippen LogP contribution in [0.25, 0.3) is 10.2 Å². The number of fused-ring (bicyclic) bond motifs is 1. The molecule has 2 nitrogen and oxygen atoms in total. The molecule has 4 heteroatoms. The molecular formula is C8H8N2S2. The van der Waals surface area contributed by atoms with Gasteiger partial charge in [-0.05, 0) is 12.1 Å². The van der Waals surface area contributed by atoms with Crippen LogP contribution in [0, 0.1) is 0 Å². The summed E-state index contributed by atoms with van der Waals surface area (Å²) in [6, 6.07) is 8.12. The van der Waals surface area contributed by atoms with Gasteiger partial charge in [-0.15, -0.1) is 11.3 Å². The first kappa shape index (κ1) is 8.04. The van der Waals surface area contributed by atoms with Crippen LogP contribution in [0.4, 0.5) is 0 Å². The minimum Gasteiger partial charge on any atom is -0.322 e. The number of nitrogens with zero attached hydrogens (tertiary/aromatic N) is 1. The van der Waals surface area contributed by atoms with Crippen LogP contribution < -0.4 is 5.73 Å². The molecule has 0 amide bonds. The molecule has 1 aromatic carbocycles. The summed E-state index contributed by atoms with van der Waals surface area (Å²) in [5.74, 6) is 0.597. The normalized spacial score (nSPS) is 10.8. The number of aromatic nitrogens is 1. The maximum absolute atomic E-state index is 5.41. The minimum absolute atomic E-state index is 0.597. The number of hydrogen-bond acceptors (Lipinski definition) is 4. The Labute approximate surface area is 78.8 Å². The third-order valence-corrected chi connectivity index (χ3v) is 3.42. The summed E-state index contributed by atoms with van der Waals surface area (Å²) >= 11 is 3.28.